The summed E-state index contributed by atoms with van der Waals surface area (Å²) in [7, 11) is 0. The largest absolute Gasteiger partial charge is 0.349 e. The summed E-state index contributed by atoms with van der Waals surface area (Å²) in [5.74, 6) is -0.0641. The predicted molar refractivity (Wildman–Crippen MR) is 95.1 cm³/mol. The van der Waals surface area contributed by atoms with Crippen LogP contribution >= 0.6 is 0 Å². The molecule has 0 aromatic heterocycles. The number of hydrogen-bond acceptors (Lipinski definition) is 3. The normalized spacial score (nSPS) is 21.3. The minimum Gasteiger partial charge on any atom is -0.349 e. The first kappa shape index (κ1) is 17.0. The Morgan fingerprint density at radius 1 is 1.21 bits per heavy atom. The van der Waals surface area contributed by atoms with E-state index in [0.717, 1.165) is 25.8 Å². The van der Waals surface area contributed by atoms with E-state index in [0.29, 0.717) is 29.9 Å². The summed E-state index contributed by atoms with van der Waals surface area (Å²) in [5, 5.41) is 5.91. The molecule has 24 heavy (non-hydrogen) atoms. The van der Waals surface area contributed by atoms with Crippen LogP contribution in [0.3, 0.4) is 0 Å². The minimum absolute atomic E-state index is 0.00454. The molecule has 1 saturated heterocycles. The molecular weight excluding hydrogens is 302 g/mol. The van der Waals surface area contributed by atoms with E-state index in [9.17, 15) is 9.59 Å². The molecule has 0 bridgehead atoms. The molecule has 1 saturated carbocycles. The summed E-state index contributed by atoms with van der Waals surface area (Å²) in [6.07, 6.45) is 6.83. The van der Waals surface area contributed by atoms with Gasteiger partial charge in [0.15, 0.2) is 0 Å². The van der Waals surface area contributed by atoms with Crippen molar-refractivity contribution in [3.63, 3.8) is 0 Å². The number of likely N-dealkylation sites (tertiary alicyclic amines) is 1. The van der Waals surface area contributed by atoms with Gasteiger partial charge >= 0.3 is 0 Å². The highest BCUT2D eigenvalue weighted by atomic mass is 16.2. The standard InChI is InChI=1S/C19H27N3O2/c1-2-17-8-3-4-11-22(17)13-18(23)20-16-7-5-6-14(12-16)19(24)21-15-9-10-15/h5-7,12,15,17H,2-4,8-11,13H2,1H3,(H,20,23)(H,21,24)/t17-/m0/s1. The Balaban J connectivity index is 1.56. The molecule has 5 heteroatoms. The van der Waals surface area contributed by atoms with Crippen molar-refractivity contribution in [2.75, 3.05) is 18.4 Å². The molecule has 2 amide bonds. The second kappa shape index (κ2) is 7.79. The number of benzene rings is 1. The van der Waals surface area contributed by atoms with Crippen molar-refractivity contribution in [2.24, 2.45) is 0 Å². The molecule has 1 aliphatic heterocycles. The van der Waals surface area contributed by atoms with E-state index in [1.807, 2.05) is 12.1 Å². The zero-order chi connectivity index (χ0) is 16.9. The fourth-order valence-corrected chi connectivity index (χ4v) is 3.35. The van der Waals surface area contributed by atoms with E-state index in [1.54, 1.807) is 12.1 Å². The lowest BCUT2D eigenvalue weighted by atomic mass is 10.00. The van der Waals surface area contributed by atoms with Crippen LogP contribution in [-0.4, -0.2) is 41.9 Å². The van der Waals surface area contributed by atoms with Crippen LogP contribution in [0.25, 0.3) is 0 Å². The number of amides is 2. The summed E-state index contributed by atoms with van der Waals surface area (Å²) in [5.41, 5.74) is 1.29. The van der Waals surface area contributed by atoms with Gasteiger partial charge in [0.05, 0.1) is 6.54 Å². The van der Waals surface area contributed by atoms with Crippen LogP contribution in [0.2, 0.25) is 0 Å². The fraction of sp³-hybridized carbons (Fsp3) is 0.579. The number of piperidine rings is 1. The average Bonchev–Trinajstić information content (AvgIpc) is 3.39. The minimum atomic E-state index is -0.0596. The van der Waals surface area contributed by atoms with Crippen LogP contribution < -0.4 is 10.6 Å². The van der Waals surface area contributed by atoms with Crippen LogP contribution in [0.1, 0.15) is 55.8 Å². The Labute approximate surface area is 143 Å². The molecule has 5 nitrogen and oxygen atoms in total. The number of anilines is 1. The smallest absolute Gasteiger partial charge is 0.251 e. The Kier molecular flexibility index (Phi) is 5.51. The van der Waals surface area contributed by atoms with E-state index in [4.69, 9.17) is 0 Å². The van der Waals surface area contributed by atoms with Crippen LogP contribution in [0.15, 0.2) is 24.3 Å². The maximum Gasteiger partial charge on any atom is 0.251 e. The second-order valence-corrected chi connectivity index (χ2v) is 6.91. The first-order valence-electron chi connectivity index (χ1n) is 9.10. The molecule has 2 fully saturated rings. The van der Waals surface area contributed by atoms with Gasteiger partial charge in [-0.1, -0.05) is 19.4 Å². The molecule has 3 rings (SSSR count). The highest BCUT2D eigenvalue weighted by molar-refractivity contribution is 5.97. The molecule has 2 N–H and O–H groups in total. The summed E-state index contributed by atoms with van der Waals surface area (Å²) >= 11 is 0. The van der Waals surface area contributed by atoms with Gasteiger partial charge in [0.1, 0.15) is 0 Å². The molecule has 1 heterocycles. The molecule has 0 spiro atoms. The fourth-order valence-electron chi connectivity index (χ4n) is 3.35. The second-order valence-electron chi connectivity index (χ2n) is 6.91. The van der Waals surface area contributed by atoms with Crippen molar-refractivity contribution >= 4 is 17.5 Å². The molecular formula is C19H27N3O2. The van der Waals surface area contributed by atoms with Crippen LogP contribution in [0.5, 0.6) is 0 Å². The van der Waals surface area contributed by atoms with E-state index in [2.05, 4.69) is 22.5 Å². The number of nitrogens with one attached hydrogen (secondary N) is 2. The Morgan fingerprint density at radius 3 is 2.79 bits per heavy atom. The third-order valence-electron chi connectivity index (χ3n) is 4.89. The molecule has 1 aromatic rings. The molecule has 0 radical (unpaired) electrons. The van der Waals surface area contributed by atoms with E-state index in [-0.39, 0.29) is 11.8 Å². The molecule has 1 aliphatic carbocycles. The first-order chi connectivity index (χ1) is 11.7. The quantitative estimate of drug-likeness (QED) is 0.843. The zero-order valence-corrected chi connectivity index (χ0v) is 14.4. The highest BCUT2D eigenvalue weighted by Gasteiger charge is 2.24. The van der Waals surface area contributed by atoms with E-state index < -0.39 is 0 Å². The summed E-state index contributed by atoms with van der Waals surface area (Å²) in [6, 6.07) is 8.03. The van der Waals surface area contributed by atoms with Gasteiger partial charge in [-0.3, -0.25) is 14.5 Å². The van der Waals surface area contributed by atoms with Crippen molar-refractivity contribution in [3.05, 3.63) is 29.8 Å². The Bertz CT molecular complexity index is 598. The van der Waals surface area contributed by atoms with Crippen molar-refractivity contribution in [1.29, 1.82) is 0 Å². The highest BCUT2D eigenvalue weighted by Crippen LogP contribution is 2.21. The summed E-state index contributed by atoms with van der Waals surface area (Å²) in [6.45, 7) is 3.61. The molecule has 130 valence electrons. The lowest BCUT2D eigenvalue weighted by Gasteiger charge is -2.34. The van der Waals surface area contributed by atoms with Crippen molar-refractivity contribution in [1.82, 2.24) is 10.2 Å². The van der Waals surface area contributed by atoms with Crippen molar-refractivity contribution < 1.29 is 9.59 Å². The van der Waals surface area contributed by atoms with Crippen molar-refractivity contribution in [2.45, 2.75) is 57.5 Å². The van der Waals surface area contributed by atoms with Gasteiger partial charge in [0, 0.05) is 23.3 Å². The van der Waals surface area contributed by atoms with Crippen LogP contribution in [0.4, 0.5) is 5.69 Å². The van der Waals surface area contributed by atoms with Crippen LogP contribution in [0, 0.1) is 0 Å². The third kappa shape index (κ3) is 4.57. The average molecular weight is 329 g/mol. The Morgan fingerprint density at radius 2 is 2.04 bits per heavy atom. The summed E-state index contributed by atoms with van der Waals surface area (Å²) in [4.78, 5) is 26.7. The number of carbonyl (C=O) groups is 2. The lowest BCUT2D eigenvalue weighted by molar-refractivity contribution is -0.118. The number of nitrogens with zero attached hydrogens (tertiary/aromatic N) is 1. The van der Waals surface area contributed by atoms with Gasteiger partial charge < -0.3 is 10.6 Å². The van der Waals surface area contributed by atoms with E-state index >= 15 is 0 Å². The SMILES string of the molecule is CC[C@H]1CCCCN1CC(=O)Nc1cccc(C(=O)NC2CC2)c1. The van der Waals surface area contributed by atoms with Gasteiger partial charge in [-0.25, -0.2) is 0 Å². The monoisotopic (exact) mass is 329 g/mol. The van der Waals surface area contributed by atoms with Gasteiger partial charge in [0.2, 0.25) is 5.91 Å². The van der Waals surface area contributed by atoms with Gasteiger partial charge in [0.25, 0.3) is 5.91 Å². The first-order valence-corrected chi connectivity index (χ1v) is 9.10. The molecule has 1 aromatic carbocycles. The Hall–Kier alpha value is -1.88. The molecule has 1 atom stereocenters. The van der Waals surface area contributed by atoms with Gasteiger partial charge in [-0.05, 0) is 56.8 Å². The zero-order valence-electron chi connectivity index (χ0n) is 14.4. The van der Waals surface area contributed by atoms with E-state index in [1.165, 1.54) is 19.3 Å². The van der Waals surface area contributed by atoms with Gasteiger partial charge in [-0.2, -0.15) is 0 Å². The molecule has 0 unspecified atom stereocenters. The maximum absolute atomic E-state index is 12.4. The number of carbonyl (C=O) groups excluding carboxylic acids is 2. The van der Waals surface area contributed by atoms with Crippen molar-refractivity contribution in [3.8, 4) is 0 Å². The molecule has 2 aliphatic rings. The summed E-state index contributed by atoms with van der Waals surface area (Å²) < 4.78 is 0. The lowest BCUT2D eigenvalue weighted by Crippen LogP contribution is -2.43. The maximum atomic E-state index is 12.4. The van der Waals surface area contributed by atoms with Crippen LogP contribution in [-0.2, 0) is 4.79 Å². The van der Waals surface area contributed by atoms with Gasteiger partial charge in [-0.15, -0.1) is 0 Å². The number of rotatable bonds is 6. The topological polar surface area (TPSA) is 61.4 Å². The predicted octanol–water partition coefficient (Wildman–Crippen LogP) is 2.78. The number of hydrogen-bond donors (Lipinski definition) is 2. The third-order valence-corrected chi connectivity index (χ3v) is 4.89.